The van der Waals surface area contributed by atoms with Crippen LogP contribution >= 0.6 is 15.9 Å². The molecule has 21 heavy (non-hydrogen) atoms. The predicted molar refractivity (Wildman–Crippen MR) is 89.1 cm³/mol. The van der Waals surface area contributed by atoms with Crippen molar-refractivity contribution in [2.24, 2.45) is 0 Å². The highest BCUT2D eigenvalue weighted by Gasteiger charge is 2.20. The van der Waals surface area contributed by atoms with Gasteiger partial charge in [-0.2, -0.15) is 0 Å². The molecular formula is C15H22BrNO3S. The van der Waals surface area contributed by atoms with Gasteiger partial charge in [0.05, 0.1) is 23.4 Å². The van der Waals surface area contributed by atoms with E-state index in [1.807, 2.05) is 12.1 Å². The van der Waals surface area contributed by atoms with Gasteiger partial charge in [0.2, 0.25) is 0 Å². The Balaban J connectivity index is 1.95. The highest BCUT2D eigenvalue weighted by molar-refractivity contribution is 9.09. The molecule has 1 fully saturated rings. The molecule has 4 nitrogen and oxygen atoms in total. The number of rotatable bonds is 6. The topological polar surface area (TPSA) is 46.6 Å². The molecule has 118 valence electrons. The molecule has 1 aliphatic heterocycles. The molecule has 0 aliphatic carbocycles. The number of alkyl halides is 1. The summed E-state index contributed by atoms with van der Waals surface area (Å²) in [5.74, 6) is 0.142. The van der Waals surface area contributed by atoms with Crippen molar-refractivity contribution in [2.45, 2.75) is 30.8 Å². The van der Waals surface area contributed by atoms with Gasteiger partial charge in [0.1, 0.15) is 0 Å². The van der Waals surface area contributed by atoms with Crippen molar-refractivity contribution in [1.82, 2.24) is 0 Å². The highest BCUT2D eigenvalue weighted by Crippen LogP contribution is 2.23. The zero-order valence-corrected chi connectivity index (χ0v) is 14.7. The zero-order valence-electron chi connectivity index (χ0n) is 12.3. The fourth-order valence-electron chi connectivity index (χ4n) is 2.52. The van der Waals surface area contributed by atoms with E-state index in [0.29, 0.717) is 11.0 Å². The number of halogens is 1. The zero-order chi connectivity index (χ0) is 15.3. The Morgan fingerprint density at radius 1 is 1.24 bits per heavy atom. The number of nitrogens with zero attached hydrogens (tertiary/aromatic N) is 1. The Hall–Kier alpha value is -0.590. The van der Waals surface area contributed by atoms with Crippen molar-refractivity contribution < 1.29 is 13.2 Å². The highest BCUT2D eigenvalue weighted by atomic mass is 79.9. The van der Waals surface area contributed by atoms with Crippen molar-refractivity contribution in [3.63, 3.8) is 0 Å². The van der Waals surface area contributed by atoms with Gasteiger partial charge in [-0.1, -0.05) is 22.9 Å². The third-order valence-corrected chi connectivity index (χ3v) is 5.89. The minimum absolute atomic E-state index is 0.142. The van der Waals surface area contributed by atoms with Crippen LogP contribution in [0.5, 0.6) is 0 Å². The number of hydrogen-bond donors (Lipinski definition) is 0. The molecule has 0 atom stereocenters. The Bertz CT molecular complexity index is 537. The van der Waals surface area contributed by atoms with Crippen LogP contribution in [0, 0.1) is 0 Å². The van der Waals surface area contributed by atoms with Gasteiger partial charge in [-0.05, 0) is 37.1 Å². The van der Waals surface area contributed by atoms with Crippen molar-refractivity contribution in [3.05, 3.63) is 24.3 Å². The maximum atomic E-state index is 11.8. The van der Waals surface area contributed by atoms with Gasteiger partial charge in [-0.3, -0.25) is 0 Å². The van der Waals surface area contributed by atoms with Crippen LogP contribution in [0.4, 0.5) is 5.69 Å². The summed E-state index contributed by atoms with van der Waals surface area (Å²) in [6.45, 7) is 4.33. The SMILES string of the molecule is CCS(=O)(=O)c1ccc(N2CCC(OCCBr)CC2)cc1. The summed E-state index contributed by atoms with van der Waals surface area (Å²) in [4.78, 5) is 2.69. The second kappa shape index (κ2) is 7.61. The van der Waals surface area contributed by atoms with Gasteiger partial charge in [0, 0.05) is 24.1 Å². The number of sulfone groups is 1. The number of benzene rings is 1. The van der Waals surface area contributed by atoms with Gasteiger partial charge in [-0.15, -0.1) is 0 Å². The molecule has 6 heteroatoms. The lowest BCUT2D eigenvalue weighted by Gasteiger charge is -2.33. The summed E-state index contributed by atoms with van der Waals surface area (Å²) in [5, 5.41) is 0.876. The van der Waals surface area contributed by atoms with Crippen molar-refractivity contribution >= 4 is 31.5 Å². The van der Waals surface area contributed by atoms with E-state index in [2.05, 4.69) is 20.8 Å². The molecule has 0 N–H and O–H groups in total. The van der Waals surface area contributed by atoms with E-state index in [-0.39, 0.29) is 5.75 Å². The average Bonchev–Trinajstić information content (AvgIpc) is 2.53. The first kappa shape index (κ1) is 16.8. The van der Waals surface area contributed by atoms with E-state index in [4.69, 9.17) is 4.74 Å². The standard InChI is InChI=1S/C15H22BrNO3S/c1-2-21(18,19)15-5-3-13(4-6-15)17-10-7-14(8-11-17)20-12-9-16/h3-6,14H,2,7-12H2,1H3. The molecule has 1 aliphatic rings. The fourth-order valence-corrected chi connectivity index (χ4v) is 3.59. The molecule has 0 spiro atoms. The molecule has 0 unspecified atom stereocenters. The van der Waals surface area contributed by atoms with Crippen LogP contribution in [0.1, 0.15) is 19.8 Å². The molecule has 0 aromatic heterocycles. The fraction of sp³-hybridized carbons (Fsp3) is 0.600. The minimum Gasteiger partial charge on any atom is -0.377 e. The summed E-state index contributed by atoms with van der Waals surface area (Å²) in [5.41, 5.74) is 1.09. The summed E-state index contributed by atoms with van der Waals surface area (Å²) in [6, 6.07) is 7.23. The lowest BCUT2D eigenvalue weighted by Crippen LogP contribution is -2.37. The third kappa shape index (κ3) is 4.44. The van der Waals surface area contributed by atoms with Crippen LogP contribution in [0.15, 0.2) is 29.2 Å². The van der Waals surface area contributed by atoms with Gasteiger partial charge >= 0.3 is 0 Å². The Morgan fingerprint density at radius 3 is 2.38 bits per heavy atom. The van der Waals surface area contributed by atoms with Gasteiger partial charge < -0.3 is 9.64 Å². The Kier molecular flexibility index (Phi) is 6.08. The van der Waals surface area contributed by atoms with E-state index in [0.717, 1.165) is 43.6 Å². The smallest absolute Gasteiger partial charge is 0.178 e. The quantitative estimate of drug-likeness (QED) is 0.717. The maximum absolute atomic E-state index is 11.8. The Morgan fingerprint density at radius 2 is 1.86 bits per heavy atom. The summed E-state index contributed by atoms with van der Waals surface area (Å²) >= 11 is 3.37. The average molecular weight is 376 g/mol. The second-order valence-corrected chi connectivity index (χ2v) is 8.21. The van der Waals surface area contributed by atoms with Crippen LogP contribution in [0.25, 0.3) is 0 Å². The first-order valence-electron chi connectivity index (χ1n) is 7.32. The molecule has 1 aromatic carbocycles. The second-order valence-electron chi connectivity index (χ2n) is 5.14. The molecule has 0 saturated carbocycles. The van der Waals surface area contributed by atoms with E-state index in [1.54, 1.807) is 19.1 Å². The van der Waals surface area contributed by atoms with E-state index >= 15 is 0 Å². The van der Waals surface area contributed by atoms with Crippen LogP contribution < -0.4 is 4.90 Å². The summed E-state index contributed by atoms with van der Waals surface area (Å²) < 4.78 is 29.3. The molecular weight excluding hydrogens is 354 g/mol. The molecule has 0 radical (unpaired) electrons. The van der Waals surface area contributed by atoms with Crippen molar-refractivity contribution in [2.75, 3.05) is 35.7 Å². The summed E-state index contributed by atoms with van der Waals surface area (Å²) in [6.07, 6.45) is 2.38. The van der Waals surface area contributed by atoms with Gasteiger partial charge in [0.15, 0.2) is 9.84 Å². The van der Waals surface area contributed by atoms with Gasteiger partial charge in [-0.25, -0.2) is 8.42 Å². The molecule has 1 heterocycles. The van der Waals surface area contributed by atoms with Crippen LogP contribution in [-0.4, -0.2) is 45.3 Å². The molecule has 2 rings (SSSR count). The normalized spacial score (nSPS) is 17.1. The van der Waals surface area contributed by atoms with E-state index < -0.39 is 9.84 Å². The third-order valence-electron chi connectivity index (χ3n) is 3.81. The number of ether oxygens (including phenoxy) is 1. The number of hydrogen-bond acceptors (Lipinski definition) is 4. The lowest BCUT2D eigenvalue weighted by atomic mass is 10.1. The number of anilines is 1. The van der Waals surface area contributed by atoms with E-state index in [9.17, 15) is 8.42 Å². The van der Waals surface area contributed by atoms with Crippen molar-refractivity contribution in [3.8, 4) is 0 Å². The predicted octanol–water partition coefficient (Wildman–Crippen LogP) is 2.86. The first-order valence-corrected chi connectivity index (χ1v) is 10.1. The van der Waals surface area contributed by atoms with Crippen LogP contribution in [0.2, 0.25) is 0 Å². The number of piperidine rings is 1. The molecule has 1 aromatic rings. The largest absolute Gasteiger partial charge is 0.377 e. The molecule has 0 amide bonds. The Labute approximate surface area is 135 Å². The minimum atomic E-state index is -3.11. The summed E-state index contributed by atoms with van der Waals surface area (Å²) in [7, 11) is -3.11. The van der Waals surface area contributed by atoms with Gasteiger partial charge in [0.25, 0.3) is 0 Å². The van der Waals surface area contributed by atoms with Crippen LogP contribution in [0.3, 0.4) is 0 Å². The molecule has 0 bridgehead atoms. The van der Waals surface area contributed by atoms with E-state index in [1.165, 1.54) is 0 Å². The molecule has 1 saturated heterocycles. The van der Waals surface area contributed by atoms with Crippen molar-refractivity contribution in [1.29, 1.82) is 0 Å². The monoisotopic (exact) mass is 375 g/mol. The van der Waals surface area contributed by atoms with Crippen LogP contribution in [-0.2, 0) is 14.6 Å². The first-order chi connectivity index (χ1) is 10.1. The lowest BCUT2D eigenvalue weighted by molar-refractivity contribution is 0.0481. The maximum Gasteiger partial charge on any atom is 0.178 e.